The Morgan fingerprint density at radius 3 is 2.76 bits per heavy atom. The molecule has 2 rings (SSSR count). The van der Waals surface area contributed by atoms with Crippen LogP contribution in [0, 0.1) is 0 Å². The molecule has 1 aromatic heterocycles. The lowest BCUT2D eigenvalue weighted by Crippen LogP contribution is -2.10. The molecule has 0 aromatic carbocycles. The fourth-order valence-electron chi connectivity index (χ4n) is 1.66. The average molecular weight is 236 g/mol. The Morgan fingerprint density at radius 2 is 2.18 bits per heavy atom. The van der Waals surface area contributed by atoms with Crippen molar-refractivity contribution in [3.63, 3.8) is 0 Å². The highest BCUT2D eigenvalue weighted by Gasteiger charge is 2.28. The zero-order chi connectivity index (χ0) is 12.3. The van der Waals surface area contributed by atoms with Crippen LogP contribution < -0.4 is 15.8 Å². The predicted molar refractivity (Wildman–Crippen MR) is 68.4 cm³/mol. The minimum Gasteiger partial charge on any atom is -0.479 e. The van der Waals surface area contributed by atoms with Crippen molar-refractivity contribution in [3.05, 3.63) is 5.82 Å². The van der Waals surface area contributed by atoms with E-state index in [1.807, 2.05) is 0 Å². The molecule has 0 spiro atoms. The predicted octanol–water partition coefficient (Wildman–Crippen LogP) is 2.16. The molecule has 0 amide bonds. The molecule has 0 unspecified atom stereocenters. The number of ether oxygens (including phenoxy) is 1. The van der Waals surface area contributed by atoms with Gasteiger partial charge in [0.15, 0.2) is 5.82 Å². The van der Waals surface area contributed by atoms with Gasteiger partial charge in [-0.05, 0) is 19.3 Å². The van der Waals surface area contributed by atoms with Gasteiger partial charge in [0.25, 0.3) is 0 Å². The number of methoxy groups -OCH3 is 1. The summed E-state index contributed by atoms with van der Waals surface area (Å²) in [6, 6.07) is 0. The van der Waals surface area contributed by atoms with Gasteiger partial charge < -0.3 is 15.8 Å². The zero-order valence-electron chi connectivity index (χ0n) is 10.5. The van der Waals surface area contributed by atoms with E-state index >= 15 is 0 Å². The molecule has 1 aromatic rings. The molecule has 1 saturated carbocycles. The zero-order valence-corrected chi connectivity index (χ0v) is 10.5. The number of rotatable bonds is 6. The van der Waals surface area contributed by atoms with Crippen molar-refractivity contribution < 1.29 is 4.74 Å². The van der Waals surface area contributed by atoms with Crippen LogP contribution in [0.15, 0.2) is 0 Å². The number of hydrogen-bond donors (Lipinski definition) is 2. The van der Waals surface area contributed by atoms with Crippen LogP contribution in [0.4, 0.5) is 11.5 Å². The van der Waals surface area contributed by atoms with Crippen molar-refractivity contribution in [3.8, 4) is 5.88 Å². The Labute approximate surface area is 102 Å². The van der Waals surface area contributed by atoms with Crippen LogP contribution in [0.25, 0.3) is 0 Å². The Bertz CT molecular complexity index is 390. The number of nitrogens with zero attached hydrogens (tertiary/aromatic N) is 2. The van der Waals surface area contributed by atoms with E-state index in [0.29, 0.717) is 23.3 Å². The van der Waals surface area contributed by atoms with E-state index in [2.05, 4.69) is 22.2 Å². The second-order valence-corrected chi connectivity index (χ2v) is 4.41. The van der Waals surface area contributed by atoms with Crippen molar-refractivity contribution in [1.82, 2.24) is 9.97 Å². The first kappa shape index (κ1) is 12.0. The largest absolute Gasteiger partial charge is 0.479 e. The van der Waals surface area contributed by atoms with Crippen LogP contribution in [0.2, 0.25) is 0 Å². The molecule has 1 aliphatic rings. The summed E-state index contributed by atoms with van der Waals surface area (Å²) >= 11 is 0. The summed E-state index contributed by atoms with van der Waals surface area (Å²) in [6.07, 6.45) is 4.58. The molecular weight excluding hydrogens is 216 g/mol. The highest BCUT2D eigenvalue weighted by molar-refractivity contribution is 5.67. The first-order valence-electron chi connectivity index (χ1n) is 6.21. The third-order valence-electron chi connectivity index (χ3n) is 2.89. The summed E-state index contributed by atoms with van der Waals surface area (Å²) in [5.41, 5.74) is 6.46. The lowest BCUT2D eigenvalue weighted by atomic mass is 10.3. The smallest absolute Gasteiger partial charge is 0.242 e. The molecule has 5 heteroatoms. The van der Waals surface area contributed by atoms with Gasteiger partial charge in [0.05, 0.1) is 7.11 Å². The fraction of sp³-hybridized carbons (Fsp3) is 0.667. The number of nitrogens with one attached hydrogen (secondary N) is 1. The summed E-state index contributed by atoms with van der Waals surface area (Å²) in [4.78, 5) is 8.83. The van der Waals surface area contributed by atoms with Gasteiger partial charge in [-0.15, -0.1) is 0 Å². The van der Waals surface area contributed by atoms with Crippen LogP contribution >= 0.6 is 0 Å². The molecule has 1 aliphatic carbocycles. The third kappa shape index (κ3) is 2.78. The first-order chi connectivity index (χ1) is 8.26. The van der Waals surface area contributed by atoms with E-state index in [9.17, 15) is 0 Å². The number of unbranched alkanes of at least 4 members (excludes halogenated alkanes) is 1. The first-order valence-corrected chi connectivity index (χ1v) is 6.21. The van der Waals surface area contributed by atoms with E-state index in [-0.39, 0.29) is 0 Å². The summed E-state index contributed by atoms with van der Waals surface area (Å²) in [5.74, 6) is 2.55. The topological polar surface area (TPSA) is 73.1 Å². The van der Waals surface area contributed by atoms with Crippen LogP contribution in [0.5, 0.6) is 5.88 Å². The molecule has 0 radical (unpaired) electrons. The maximum Gasteiger partial charge on any atom is 0.242 e. The van der Waals surface area contributed by atoms with Crippen molar-refractivity contribution >= 4 is 11.5 Å². The van der Waals surface area contributed by atoms with Crippen LogP contribution in [0.3, 0.4) is 0 Å². The number of aromatic nitrogens is 2. The van der Waals surface area contributed by atoms with Crippen molar-refractivity contribution in [2.75, 3.05) is 24.7 Å². The monoisotopic (exact) mass is 236 g/mol. The molecule has 0 aliphatic heterocycles. The van der Waals surface area contributed by atoms with Crippen LogP contribution in [-0.4, -0.2) is 23.6 Å². The van der Waals surface area contributed by atoms with Gasteiger partial charge in [0, 0.05) is 12.5 Å². The van der Waals surface area contributed by atoms with Gasteiger partial charge in [0.1, 0.15) is 11.5 Å². The normalized spacial score (nSPS) is 14.7. The van der Waals surface area contributed by atoms with E-state index < -0.39 is 0 Å². The second-order valence-electron chi connectivity index (χ2n) is 4.41. The van der Waals surface area contributed by atoms with E-state index in [1.54, 1.807) is 7.11 Å². The van der Waals surface area contributed by atoms with Crippen LogP contribution in [0.1, 0.15) is 44.3 Å². The number of anilines is 2. The van der Waals surface area contributed by atoms with Gasteiger partial charge in [-0.3, -0.25) is 0 Å². The molecule has 17 heavy (non-hydrogen) atoms. The summed E-state index contributed by atoms with van der Waals surface area (Å²) in [5, 5.41) is 3.26. The Balaban J connectivity index is 2.18. The molecular formula is C12H20N4O. The molecule has 1 fully saturated rings. The maximum atomic E-state index is 5.95. The van der Waals surface area contributed by atoms with E-state index in [1.165, 1.54) is 12.8 Å². The summed E-state index contributed by atoms with van der Waals surface area (Å²) in [6.45, 7) is 3.03. The highest BCUT2D eigenvalue weighted by Crippen LogP contribution is 2.40. The number of nitrogen functional groups attached to an aromatic ring is 1. The lowest BCUT2D eigenvalue weighted by Gasteiger charge is -2.12. The van der Waals surface area contributed by atoms with E-state index in [0.717, 1.165) is 25.2 Å². The number of nitrogens with two attached hydrogens (primary N) is 1. The summed E-state index contributed by atoms with van der Waals surface area (Å²) < 4.78 is 5.19. The SMILES string of the molecule is CCCCNc1nc(C2CC2)nc(OC)c1N. The van der Waals surface area contributed by atoms with Gasteiger partial charge in [-0.2, -0.15) is 4.98 Å². The standard InChI is InChI=1S/C12H20N4O/c1-3-4-7-14-11-9(13)12(17-2)16-10(15-11)8-5-6-8/h8H,3-7,13H2,1-2H3,(H,14,15,16). The van der Waals surface area contributed by atoms with E-state index in [4.69, 9.17) is 10.5 Å². The average Bonchev–Trinajstić information content (AvgIpc) is 3.15. The molecule has 0 atom stereocenters. The number of hydrogen-bond acceptors (Lipinski definition) is 5. The minimum atomic E-state index is 0.487. The quantitative estimate of drug-likeness (QED) is 0.740. The van der Waals surface area contributed by atoms with Crippen LogP contribution in [-0.2, 0) is 0 Å². The second kappa shape index (κ2) is 5.21. The summed E-state index contributed by atoms with van der Waals surface area (Å²) in [7, 11) is 1.59. The Morgan fingerprint density at radius 1 is 1.41 bits per heavy atom. The Kier molecular flexibility index (Phi) is 3.66. The van der Waals surface area contributed by atoms with Gasteiger partial charge >= 0.3 is 0 Å². The maximum absolute atomic E-state index is 5.95. The fourth-order valence-corrected chi connectivity index (χ4v) is 1.66. The minimum absolute atomic E-state index is 0.487. The van der Waals surface area contributed by atoms with Gasteiger partial charge in [-0.25, -0.2) is 4.98 Å². The van der Waals surface area contributed by atoms with Crippen molar-refractivity contribution in [2.45, 2.75) is 38.5 Å². The Hall–Kier alpha value is -1.52. The molecule has 5 nitrogen and oxygen atoms in total. The molecule has 94 valence electrons. The molecule has 3 N–H and O–H groups in total. The van der Waals surface area contributed by atoms with Gasteiger partial charge in [-0.1, -0.05) is 13.3 Å². The molecule has 0 saturated heterocycles. The van der Waals surface area contributed by atoms with Crippen molar-refractivity contribution in [1.29, 1.82) is 0 Å². The molecule has 0 bridgehead atoms. The lowest BCUT2D eigenvalue weighted by molar-refractivity contribution is 0.397. The third-order valence-corrected chi connectivity index (χ3v) is 2.89. The van der Waals surface area contributed by atoms with Crippen molar-refractivity contribution in [2.24, 2.45) is 0 Å². The van der Waals surface area contributed by atoms with Gasteiger partial charge in [0.2, 0.25) is 5.88 Å². The highest BCUT2D eigenvalue weighted by atomic mass is 16.5. The molecule has 1 heterocycles.